The Labute approximate surface area is 173 Å². The van der Waals surface area contributed by atoms with Gasteiger partial charge < -0.3 is 10.5 Å². The quantitative estimate of drug-likeness (QED) is 0.529. The molecule has 4 aliphatic rings. The number of ether oxygens (including phenoxy) is 1. The highest BCUT2D eigenvalue weighted by atomic mass is 19.1. The summed E-state index contributed by atoms with van der Waals surface area (Å²) in [5.41, 5.74) is 8.31. The molecule has 3 saturated carbocycles. The van der Waals surface area contributed by atoms with Gasteiger partial charge in [-0.15, -0.1) is 0 Å². The van der Waals surface area contributed by atoms with Gasteiger partial charge in [-0.05, 0) is 91.1 Å². The van der Waals surface area contributed by atoms with Crippen LogP contribution in [0, 0.1) is 34.5 Å². The maximum Gasteiger partial charge on any atom is 0.367 e. The summed E-state index contributed by atoms with van der Waals surface area (Å²) in [5, 5.41) is 0. The molecule has 0 radical (unpaired) electrons. The molecule has 0 aromatic heterocycles. The van der Waals surface area contributed by atoms with Crippen molar-refractivity contribution in [1.29, 1.82) is 0 Å². The van der Waals surface area contributed by atoms with Gasteiger partial charge in [-0.1, -0.05) is 20.8 Å². The molecular formula is C24H34FNO3. The summed E-state index contributed by atoms with van der Waals surface area (Å²) in [5.74, 6) is 0.283. The van der Waals surface area contributed by atoms with Crippen LogP contribution in [0.4, 0.5) is 4.39 Å². The van der Waals surface area contributed by atoms with Crippen LogP contribution >= 0.6 is 0 Å². The monoisotopic (exact) mass is 403 g/mol. The number of halogens is 1. The fraction of sp³-hybridized carbons (Fsp3) is 0.750. The van der Waals surface area contributed by atoms with E-state index in [1.807, 2.05) is 0 Å². The van der Waals surface area contributed by atoms with E-state index in [9.17, 15) is 9.59 Å². The second-order valence-corrected chi connectivity index (χ2v) is 10.2. The minimum Gasteiger partial charge on any atom is -0.461 e. The molecule has 29 heavy (non-hydrogen) atoms. The molecule has 0 unspecified atom stereocenters. The van der Waals surface area contributed by atoms with Gasteiger partial charge in [0.25, 0.3) is 0 Å². The lowest BCUT2D eigenvalue weighted by atomic mass is 9.46. The highest BCUT2D eigenvalue weighted by molar-refractivity contribution is 5.96. The molecule has 3 fully saturated rings. The number of ketones is 1. The Kier molecular flexibility index (Phi) is 4.94. The van der Waals surface area contributed by atoms with Crippen LogP contribution < -0.4 is 5.73 Å². The minimum absolute atomic E-state index is 0.0197. The Bertz CT molecular complexity index is 815. The van der Waals surface area contributed by atoms with Gasteiger partial charge in [0.05, 0.1) is 12.3 Å². The van der Waals surface area contributed by atoms with Gasteiger partial charge in [-0.3, -0.25) is 4.79 Å². The first-order chi connectivity index (χ1) is 13.6. The molecule has 0 aromatic carbocycles. The molecule has 2 N–H and O–H groups in total. The van der Waals surface area contributed by atoms with E-state index in [4.69, 9.17) is 10.5 Å². The van der Waals surface area contributed by atoms with Crippen LogP contribution in [0.5, 0.6) is 0 Å². The average Bonchev–Trinajstić information content (AvgIpc) is 2.95. The second-order valence-electron chi connectivity index (χ2n) is 10.2. The number of nitrogens with two attached hydrogens (primary N) is 1. The average molecular weight is 404 g/mol. The summed E-state index contributed by atoms with van der Waals surface area (Å²) in [4.78, 5) is 24.3. The summed E-state index contributed by atoms with van der Waals surface area (Å²) in [6, 6.07) is 0. The van der Waals surface area contributed by atoms with Gasteiger partial charge in [0, 0.05) is 6.42 Å². The smallest absolute Gasteiger partial charge is 0.367 e. The zero-order valence-electron chi connectivity index (χ0n) is 18.1. The van der Waals surface area contributed by atoms with Gasteiger partial charge in [0.1, 0.15) is 0 Å². The molecule has 0 amide bonds. The van der Waals surface area contributed by atoms with E-state index in [-0.39, 0.29) is 23.2 Å². The zero-order chi connectivity index (χ0) is 21.1. The fourth-order valence-electron chi connectivity index (χ4n) is 7.75. The number of esters is 1. The zero-order valence-corrected chi connectivity index (χ0v) is 18.1. The lowest BCUT2D eigenvalue weighted by Crippen LogP contribution is -2.51. The third-order valence-electron chi connectivity index (χ3n) is 8.97. The molecule has 4 rings (SSSR count). The van der Waals surface area contributed by atoms with Crippen molar-refractivity contribution in [3.05, 3.63) is 22.7 Å². The molecule has 0 aliphatic heterocycles. The summed E-state index contributed by atoms with van der Waals surface area (Å²) in [7, 11) is 0. The molecule has 5 heteroatoms. The fourth-order valence-corrected chi connectivity index (χ4v) is 7.75. The minimum atomic E-state index is -0.807. The van der Waals surface area contributed by atoms with Crippen molar-refractivity contribution >= 4 is 11.8 Å². The third-order valence-corrected chi connectivity index (χ3v) is 8.97. The van der Waals surface area contributed by atoms with E-state index in [2.05, 4.69) is 20.8 Å². The summed E-state index contributed by atoms with van der Waals surface area (Å²) in [6.45, 7) is 8.57. The van der Waals surface area contributed by atoms with Gasteiger partial charge in [-0.2, -0.15) is 4.39 Å². The maximum absolute atomic E-state index is 15.1. The van der Waals surface area contributed by atoms with E-state index >= 15 is 4.39 Å². The molecule has 0 heterocycles. The first-order valence-electron chi connectivity index (χ1n) is 11.2. The summed E-state index contributed by atoms with van der Waals surface area (Å²) < 4.78 is 20.1. The lowest BCUT2D eigenvalue weighted by Gasteiger charge is -2.58. The first-order valence-corrected chi connectivity index (χ1v) is 11.2. The summed E-state index contributed by atoms with van der Waals surface area (Å²) >= 11 is 0. The maximum atomic E-state index is 15.1. The van der Waals surface area contributed by atoms with Crippen LogP contribution in [-0.4, -0.2) is 18.4 Å². The normalized spacial score (nSPS) is 43.4. The molecule has 6 atom stereocenters. The SMILES string of the molecule is CCOC(=O)C(F)=C1C[C@H](C)[C@H]2[C@@H]3CCC4=C(N)C(=O)CC[C@]4(C)[C@H]3CC[C@]12C. The Hall–Kier alpha value is -1.65. The van der Waals surface area contributed by atoms with Gasteiger partial charge in [-0.25, -0.2) is 4.79 Å². The van der Waals surface area contributed by atoms with Crippen molar-refractivity contribution < 1.29 is 18.7 Å². The van der Waals surface area contributed by atoms with Crippen LogP contribution in [0.2, 0.25) is 0 Å². The number of rotatable bonds is 2. The van der Waals surface area contributed by atoms with Crippen molar-refractivity contribution in [2.75, 3.05) is 6.61 Å². The van der Waals surface area contributed by atoms with E-state index in [0.29, 0.717) is 47.8 Å². The van der Waals surface area contributed by atoms with Crippen molar-refractivity contribution in [3.8, 4) is 0 Å². The van der Waals surface area contributed by atoms with Crippen molar-refractivity contribution in [3.63, 3.8) is 0 Å². The molecule has 4 aliphatic carbocycles. The number of allylic oxidation sites excluding steroid dienone is 2. The predicted molar refractivity (Wildman–Crippen MR) is 109 cm³/mol. The van der Waals surface area contributed by atoms with Crippen LogP contribution in [0.3, 0.4) is 0 Å². The molecular weight excluding hydrogens is 369 g/mol. The number of carbonyl (C=O) groups is 2. The Balaban J connectivity index is 1.71. The molecule has 0 spiro atoms. The predicted octanol–water partition coefficient (Wildman–Crippen LogP) is 4.84. The van der Waals surface area contributed by atoms with E-state index in [1.165, 1.54) is 5.57 Å². The first kappa shape index (κ1) is 20.6. The van der Waals surface area contributed by atoms with Gasteiger partial charge >= 0.3 is 5.97 Å². The number of Topliss-reactive ketones (excluding diaryl/α,β-unsaturated/α-hetero) is 1. The van der Waals surface area contributed by atoms with Crippen molar-refractivity contribution in [2.24, 2.45) is 40.2 Å². The van der Waals surface area contributed by atoms with E-state index in [1.54, 1.807) is 6.92 Å². The largest absolute Gasteiger partial charge is 0.461 e. The highest BCUT2D eigenvalue weighted by Gasteiger charge is 2.61. The van der Waals surface area contributed by atoms with Crippen molar-refractivity contribution in [1.82, 2.24) is 0 Å². The molecule has 0 bridgehead atoms. The van der Waals surface area contributed by atoms with Crippen LogP contribution in [0.25, 0.3) is 0 Å². The van der Waals surface area contributed by atoms with Crippen molar-refractivity contribution in [2.45, 2.75) is 72.6 Å². The van der Waals surface area contributed by atoms with Crippen LogP contribution in [0.1, 0.15) is 72.6 Å². The molecule has 0 aromatic rings. The molecule has 0 saturated heterocycles. The topological polar surface area (TPSA) is 69.4 Å². The van der Waals surface area contributed by atoms with Crippen LogP contribution in [-0.2, 0) is 14.3 Å². The Morgan fingerprint density at radius 3 is 2.62 bits per heavy atom. The van der Waals surface area contributed by atoms with Crippen LogP contribution in [0.15, 0.2) is 22.7 Å². The molecule has 4 nitrogen and oxygen atoms in total. The Morgan fingerprint density at radius 1 is 1.21 bits per heavy atom. The number of hydrogen-bond donors (Lipinski definition) is 1. The third kappa shape index (κ3) is 2.83. The number of carbonyl (C=O) groups excluding carboxylic acids is 2. The number of fused-ring (bicyclic) bond motifs is 5. The summed E-state index contributed by atoms with van der Waals surface area (Å²) in [6.07, 6.45) is 5.79. The van der Waals surface area contributed by atoms with E-state index in [0.717, 1.165) is 32.1 Å². The van der Waals surface area contributed by atoms with Gasteiger partial charge in [0.2, 0.25) is 5.83 Å². The lowest BCUT2D eigenvalue weighted by molar-refractivity contribution is -0.140. The molecule has 160 valence electrons. The second kappa shape index (κ2) is 6.95. The van der Waals surface area contributed by atoms with E-state index < -0.39 is 11.8 Å². The highest BCUT2D eigenvalue weighted by Crippen LogP contribution is 2.68. The standard InChI is InChI=1S/C24H34FNO3/c1-5-29-22(28)20(25)17-12-13(2)19-14-6-7-16-21(26)18(27)9-11-23(16,3)15(14)8-10-24(17,19)4/h13-15,19H,5-12,26H2,1-4H3/t13-,14+,15-,19-,23+,24+/m0/s1. The number of hydrogen-bond acceptors (Lipinski definition) is 4. The Morgan fingerprint density at radius 2 is 1.93 bits per heavy atom. The van der Waals surface area contributed by atoms with Gasteiger partial charge in [0.15, 0.2) is 5.78 Å².